The molecular weight excluding hydrogens is 234 g/mol. The van der Waals surface area contributed by atoms with Gasteiger partial charge in [0, 0.05) is 24.1 Å². The second-order valence-corrected chi connectivity index (χ2v) is 5.62. The molecule has 0 bridgehead atoms. The zero-order valence-electron chi connectivity index (χ0n) is 10.4. The van der Waals surface area contributed by atoms with Gasteiger partial charge in [-0.3, -0.25) is 9.00 Å². The maximum absolute atomic E-state index is 11.9. The molecule has 1 rings (SSSR count). The van der Waals surface area contributed by atoms with Crippen LogP contribution in [-0.2, 0) is 15.6 Å². The molecule has 0 aliphatic rings. The molecule has 0 saturated carbocycles. The summed E-state index contributed by atoms with van der Waals surface area (Å²) < 4.78 is 11.9. The van der Waals surface area contributed by atoms with Gasteiger partial charge in [-0.2, -0.15) is 0 Å². The van der Waals surface area contributed by atoms with Crippen molar-refractivity contribution >= 4 is 16.7 Å². The summed E-state index contributed by atoms with van der Waals surface area (Å²) in [5, 5.41) is 2.73. The molecule has 1 aromatic rings. The molecule has 0 heterocycles. The Bertz CT molecular complexity index is 387. The van der Waals surface area contributed by atoms with Crippen molar-refractivity contribution in [3.63, 3.8) is 0 Å². The number of aryl methyl sites for hydroxylation is 1. The highest BCUT2D eigenvalue weighted by atomic mass is 32.2. The van der Waals surface area contributed by atoms with Crippen LogP contribution >= 0.6 is 0 Å². The van der Waals surface area contributed by atoms with Crippen LogP contribution < -0.4 is 5.32 Å². The Hall–Kier alpha value is -1.16. The summed E-state index contributed by atoms with van der Waals surface area (Å²) in [5.41, 5.74) is 1.18. The third kappa shape index (κ3) is 5.63. The van der Waals surface area contributed by atoms with E-state index in [0.29, 0.717) is 12.3 Å². The summed E-state index contributed by atoms with van der Waals surface area (Å²) >= 11 is 0. The number of benzene rings is 1. The molecule has 0 radical (unpaired) electrons. The molecule has 0 spiro atoms. The van der Waals surface area contributed by atoms with Crippen LogP contribution in [0.2, 0.25) is 0 Å². The van der Waals surface area contributed by atoms with Gasteiger partial charge in [0.25, 0.3) is 0 Å². The predicted octanol–water partition coefficient (Wildman–Crippen LogP) is 2.02. The van der Waals surface area contributed by atoms with Crippen molar-refractivity contribution in [3.8, 4) is 0 Å². The molecular formula is C13H19NO2S. The standard InChI is InChI=1S/C13H19NO2S/c1-11-5-7-13(8-6-11)17(16)10-4-3-9-14-12(2)15/h5-8H,3-4,9-10H2,1-2H3,(H,14,15). The lowest BCUT2D eigenvalue weighted by atomic mass is 10.2. The maximum Gasteiger partial charge on any atom is 0.216 e. The second kappa shape index (κ2) is 7.22. The van der Waals surface area contributed by atoms with Crippen molar-refractivity contribution in [1.82, 2.24) is 5.32 Å². The van der Waals surface area contributed by atoms with Gasteiger partial charge in [-0.15, -0.1) is 0 Å². The molecule has 1 unspecified atom stereocenters. The van der Waals surface area contributed by atoms with Crippen LogP contribution in [0, 0.1) is 6.92 Å². The first-order valence-electron chi connectivity index (χ1n) is 5.79. The van der Waals surface area contributed by atoms with E-state index in [1.165, 1.54) is 12.5 Å². The fourth-order valence-electron chi connectivity index (χ4n) is 1.43. The average Bonchev–Trinajstić information content (AvgIpc) is 2.29. The lowest BCUT2D eigenvalue weighted by Gasteiger charge is -2.03. The maximum atomic E-state index is 11.9. The first-order chi connectivity index (χ1) is 8.09. The molecule has 0 aliphatic heterocycles. The zero-order valence-corrected chi connectivity index (χ0v) is 11.2. The first kappa shape index (κ1) is 13.9. The molecule has 94 valence electrons. The average molecular weight is 253 g/mol. The fourth-order valence-corrected chi connectivity index (χ4v) is 2.57. The number of unbranched alkanes of at least 4 members (excludes halogenated alkanes) is 1. The quantitative estimate of drug-likeness (QED) is 0.788. The SMILES string of the molecule is CC(=O)NCCCCS(=O)c1ccc(C)cc1. The smallest absolute Gasteiger partial charge is 0.216 e. The summed E-state index contributed by atoms with van der Waals surface area (Å²) in [6.07, 6.45) is 1.73. The highest BCUT2D eigenvalue weighted by Gasteiger charge is 2.02. The molecule has 1 aromatic carbocycles. The Kier molecular flexibility index (Phi) is 5.91. The van der Waals surface area contributed by atoms with Gasteiger partial charge < -0.3 is 5.32 Å². The predicted molar refractivity (Wildman–Crippen MR) is 70.4 cm³/mol. The molecule has 17 heavy (non-hydrogen) atoms. The number of carbonyl (C=O) groups is 1. The number of carbonyl (C=O) groups excluding carboxylic acids is 1. The van der Waals surface area contributed by atoms with Crippen LogP contribution in [0.25, 0.3) is 0 Å². The highest BCUT2D eigenvalue weighted by molar-refractivity contribution is 7.85. The van der Waals surface area contributed by atoms with Crippen LogP contribution in [0.15, 0.2) is 29.2 Å². The lowest BCUT2D eigenvalue weighted by Crippen LogP contribution is -2.21. The summed E-state index contributed by atoms with van der Waals surface area (Å²) in [6, 6.07) is 7.79. The van der Waals surface area contributed by atoms with Crippen molar-refractivity contribution in [1.29, 1.82) is 0 Å². The third-order valence-corrected chi connectivity index (χ3v) is 3.87. The Morgan fingerprint density at radius 1 is 1.24 bits per heavy atom. The van der Waals surface area contributed by atoms with Crippen LogP contribution in [0.5, 0.6) is 0 Å². The molecule has 3 nitrogen and oxygen atoms in total. The largest absolute Gasteiger partial charge is 0.356 e. The number of nitrogens with one attached hydrogen (secondary N) is 1. The van der Waals surface area contributed by atoms with Crippen LogP contribution in [0.3, 0.4) is 0 Å². The van der Waals surface area contributed by atoms with E-state index in [1.54, 1.807) is 0 Å². The Morgan fingerprint density at radius 3 is 2.47 bits per heavy atom. The van der Waals surface area contributed by atoms with Gasteiger partial charge >= 0.3 is 0 Å². The van der Waals surface area contributed by atoms with Crippen molar-refractivity contribution in [2.75, 3.05) is 12.3 Å². The second-order valence-electron chi connectivity index (χ2n) is 4.05. The van der Waals surface area contributed by atoms with Crippen molar-refractivity contribution in [2.45, 2.75) is 31.6 Å². The third-order valence-electron chi connectivity index (χ3n) is 2.41. The molecule has 1 N–H and O–H groups in total. The van der Waals surface area contributed by atoms with E-state index in [4.69, 9.17) is 0 Å². The van der Waals surface area contributed by atoms with Gasteiger partial charge in [0.1, 0.15) is 0 Å². The van der Waals surface area contributed by atoms with Gasteiger partial charge in [0.05, 0.1) is 10.8 Å². The molecule has 4 heteroatoms. The molecule has 0 aromatic heterocycles. The van der Waals surface area contributed by atoms with E-state index in [0.717, 1.165) is 17.7 Å². The van der Waals surface area contributed by atoms with Crippen LogP contribution in [0.1, 0.15) is 25.3 Å². The van der Waals surface area contributed by atoms with Crippen LogP contribution in [0.4, 0.5) is 0 Å². The summed E-state index contributed by atoms with van der Waals surface area (Å²) in [7, 11) is -0.919. The Labute approximate surface area is 105 Å². The van der Waals surface area contributed by atoms with E-state index < -0.39 is 10.8 Å². The normalized spacial score (nSPS) is 12.1. The van der Waals surface area contributed by atoms with E-state index in [9.17, 15) is 9.00 Å². The number of hydrogen-bond donors (Lipinski definition) is 1. The van der Waals surface area contributed by atoms with Gasteiger partial charge in [-0.1, -0.05) is 17.7 Å². The Morgan fingerprint density at radius 2 is 1.88 bits per heavy atom. The van der Waals surface area contributed by atoms with Gasteiger partial charge in [0.2, 0.25) is 5.91 Å². The molecule has 0 aliphatic carbocycles. The van der Waals surface area contributed by atoms with Crippen LogP contribution in [-0.4, -0.2) is 22.4 Å². The van der Waals surface area contributed by atoms with Crippen molar-refractivity contribution in [3.05, 3.63) is 29.8 Å². The molecule has 0 fully saturated rings. The van der Waals surface area contributed by atoms with Crippen molar-refractivity contribution < 1.29 is 9.00 Å². The molecule has 1 amide bonds. The zero-order chi connectivity index (χ0) is 12.7. The van der Waals surface area contributed by atoms with Gasteiger partial charge in [-0.25, -0.2) is 0 Å². The lowest BCUT2D eigenvalue weighted by molar-refractivity contribution is -0.118. The minimum Gasteiger partial charge on any atom is -0.356 e. The van der Waals surface area contributed by atoms with E-state index in [2.05, 4.69) is 5.32 Å². The minimum absolute atomic E-state index is 0.00958. The topological polar surface area (TPSA) is 46.2 Å². The first-order valence-corrected chi connectivity index (χ1v) is 7.11. The minimum atomic E-state index is -0.919. The summed E-state index contributed by atoms with van der Waals surface area (Å²) in [4.78, 5) is 11.5. The fraction of sp³-hybridized carbons (Fsp3) is 0.462. The highest BCUT2D eigenvalue weighted by Crippen LogP contribution is 2.09. The molecule has 0 saturated heterocycles. The molecule has 1 atom stereocenters. The van der Waals surface area contributed by atoms with E-state index in [1.807, 2.05) is 31.2 Å². The van der Waals surface area contributed by atoms with Gasteiger partial charge in [-0.05, 0) is 31.9 Å². The Balaban J connectivity index is 2.25. The number of rotatable bonds is 6. The van der Waals surface area contributed by atoms with Gasteiger partial charge in [0.15, 0.2) is 0 Å². The summed E-state index contributed by atoms with van der Waals surface area (Å²) in [6.45, 7) is 4.19. The number of hydrogen-bond acceptors (Lipinski definition) is 2. The number of amides is 1. The van der Waals surface area contributed by atoms with E-state index >= 15 is 0 Å². The summed E-state index contributed by atoms with van der Waals surface area (Å²) in [5.74, 6) is 0.646. The monoisotopic (exact) mass is 253 g/mol. The van der Waals surface area contributed by atoms with E-state index in [-0.39, 0.29) is 5.91 Å². The van der Waals surface area contributed by atoms with Crippen molar-refractivity contribution in [2.24, 2.45) is 0 Å².